The van der Waals surface area contributed by atoms with Gasteiger partial charge in [0.2, 0.25) is 0 Å². The van der Waals surface area contributed by atoms with Crippen LogP contribution in [0.25, 0.3) is 0 Å². The molecule has 0 saturated heterocycles. The van der Waals surface area contributed by atoms with Crippen molar-refractivity contribution >= 4 is 15.9 Å². The molecule has 1 unspecified atom stereocenters. The lowest BCUT2D eigenvalue weighted by atomic mass is 9.99. The number of hydrogen-bond acceptors (Lipinski definition) is 2. The highest BCUT2D eigenvalue weighted by Gasteiger charge is 2.19. The number of ether oxygens (including phenoxy) is 1. The first-order valence-corrected chi connectivity index (χ1v) is 7.20. The van der Waals surface area contributed by atoms with Gasteiger partial charge in [-0.3, -0.25) is 0 Å². The Morgan fingerprint density at radius 3 is 2.79 bits per heavy atom. The molecule has 3 heteroatoms. The average molecular weight is 319 g/mol. The van der Waals surface area contributed by atoms with Gasteiger partial charge in [-0.2, -0.15) is 0 Å². The van der Waals surface area contributed by atoms with Gasteiger partial charge in [-0.15, -0.1) is 0 Å². The number of fused-ring (bicyclic) bond motifs is 1. The minimum Gasteiger partial charge on any atom is -0.493 e. The van der Waals surface area contributed by atoms with Crippen molar-refractivity contribution < 1.29 is 9.84 Å². The molecule has 19 heavy (non-hydrogen) atoms. The second kappa shape index (κ2) is 5.35. The van der Waals surface area contributed by atoms with E-state index < -0.39 is 6.10 Å². The Labute approximate surface area is 121 Å². The van der Waals surface area contributed by atoms with Gasteiger partial charge < -0.3 is 9.84 Å². The van der Waals surface area contributed by atoms with Crippen LogP contribution < -0.4 is 4.74 Å². The second-order valence-corrected chi connectivity index (χ2v) is 5.70. The van der Waals surface area contributed by atoms with Crippen molar-refractivity contribution in [3.05, 3.63) is 63.6 Å². The van der Waals surface area contributed by atoms with E-state index in [-0.39, 0.29) is 0 Å². The Hall–Kier alpha value is -1.32. The maximum atomic E-state index is 10.3. The van der Waals surface area contributed by atoms with Crippen molar-refractivity contribution in [3.63, 3.8) is 0 Å². The van der Waals surface area contributed by atoms with Crippen molar-refractivity contribution in [2.24, 2.45) is 0 Å². The summed E-state index contributed by atoms with van der Waals surface area (Å²) in [6.07, 6.45) is 1.03. The van der Waals surface area contributed by atoms with Crippen molar-refractivity contribution in [2.75, 3.05) is 6.61 Å². The summed E-state index contributed by atoms with van der Waals surface area (Å²) in [4.78, 5) is 0. The zero-order chi connectivity index (χ0) is 13.2. The molecule has 0 bridgehead atoms. The molecule has 1 heterocycles. The van der Waals surface area contributed by atoms with Gasteiger partial charge in [0.15, 0.2) is 0 Å². The fourth-order valence-corrected chi connectivity index (χ4v) is 3.05. The third-order valence-corrected chi connectivity index (χ3v) is 3.88. The first-order valence-electron chi connectivity index (χ1n) is 6.41. The number of rotatable bonds is 3. The van der Waals surface area contributed by atoms with E-state index in [1.165, 1.54) is 5.56 Å². The van der Waals surface area contributed by atoms with Crippen molar-refractivity contribution in [2.45, 2.75) is 18.9 Å². The van der Waals surface area contributed by atoms with Crippen molar-refractivity contribution in [1.29, 1.82) is 0 Å². The highest BCUT2D eigenvalue weighted by atomic mass is 79.9. The molecule has 2 nitrogen and oxygen atoms in total. The fourth-order valence-electron chi connectivity index (χ4n) is 2.50. The monoisotopic (exact) mass is 318 g/mol. The van der Waals surface area contributed by atoms with E-state index in [1.807, 2.05) is 36.4 Å². The molecular weight excluding hydrogens is 304 g/mol. The summed E-state index contributed by atoms with van der Waals surface area (Å²) in [5.74, 6) is 0.957. The van der Waals surface area contributed by atoms with Crippen LogP contribution in [0.4, 0.5) is 0 Å². The predicted octanol–water partition coefficient (Wildman–Crippen LogP) is 3.66. The minimum absolute atomic E-state index is 0.496. The number of hydrogen-bond donors (Lipinski definition) is 1. The molecule has 0 amide bonds. The van der Waals surface area contributed by atoms with E-state index in [2.05, 4.69) is 22.0 Å². The normalized spacial score (nSPS) is 14.8. The van der Waals surface area contributed by atoms with Crippen LogP contribution in [0, 0.1) is 0 Å². The lowest BCUT2D eigenvalue weighted by Gasteiger charge is -2.14. The fraction of sp³-hybridized carbons (Fsp3) is 0.250. The van der Waals surface area contributed by atoms with Crippen LogP contribution in [-0.4, -0.2) is 11.7 Å². The van der Waals surface area contributed by atoms with Gasteiger partial charge >= 0.3 is 0 Å². The number of aliphatic hydroxyl groups is 1. The largest absolute Gasteiger partial charge is 0.493 e. The van der Waals surface area contributed by atoms with Crippen LogP contribution in [0.2, 0.25) is 0 Å². The molecule has 1 N–H and O–H groups in total. The van der Waals surface area contributed by atoms with E-state index in [9.17, 15) is 5.11 Å². The molecule has 0 spiro atoms. The van der Waals surface area contributed by atoms with Crippen LogP contribution in [-0.2, 0) is 12.8 Å². The first-order chi connectivity index (χ1) is 9.24. The highest BCUT2D eigenvalue weighted by molar-refractivity contribution is 9.10. The summed E-state index contributed by atoms with van der Waals surface area (Å²) in [6.45, 7) is 0.736. The summed E-state index contributed by atoms with van der Waals surface area (Å²) in [6, 6.07) is 13.9. The van der Waals surface area contributed by atoms with Crippen LogP contribution >= 0.6 is 15.9 Å². The molecule has 1 atom stereocenters. The Morgan fingerprint density at radius 2 is 2.00 bits per heavy atom. The Balaban J connectivity index is 1.88. The van der Waals surface area contributed by atoms with Gasteiger partial charge in [0.05, 0.1) is 12.7 Å². The van der Waals surface area contributed by atoms with Gasteiger partial charge in [-0.25, -0.2) is 0 Å². The quantitative estimate of drug-likeness (QED) is 0.935. The first kappa shape index (κ1) is 12.7. The smallest absolute Gasteiger partial charge is 0.125 e. The minimum atomic E-state index is -0.496. The molecule has 0 fully saturated rings. The van der Waals surface area contributed by atoms with Crippen LogP contribution in [0.15, 0.2) is 46.9 Å². The zero-order valence-corrected chi connectivity index (χ0v) is 12.1. The molecular formula is C16H15BrO2. The Morgan fingerprint density at radius 1 is 1.21 bits per heavy atom. The van der Waals surface area contributed by atoms with Gasteiger partial charge in [0, 0.05) is 17.3 Å². The molecule has 0 saturated carbocycles. The molecule has 3 rings (SSSR count). The van der Waals surface area contributed by atoms with Crippen LogP contribution in [0.3, 0.4) is 0 Å². The summed E-state index contributed by atoms with van der Waals surface area (Å²) in [7, 11) is 0. The standard InChI is InChI=1S/C16H15BrO2/c17-14-8-12-6-7-19-16(12)13(9-14)10-15(18)11-4-2-1-3-5-11/h1-5,8-9,15,18H,6-7,10H2. The summed E-state index contributed by atoms with van der Waals surface area (Å²) in [5.41, 5.74) is 3.23. The lowest BCUT2D eigenvalue weighted by molar-refractivity contribution is 0.177. The maximum Gasteiger partial charge on any atom is 0.125 e. The average Bonchev–Trinajstić information content (AvgIpc) is 2.88. The predicted molar refractivity (Wildman–Crippen MR) is 78.4 cm³/mol. The topological polar surface area (TPSA) is 29.5 Å². The SMILES string of the molecule is OC(Cc1cc(Br)cc2c1OCC2)c1ccccc1. The van der Waals surface area contributed by atoms with E-state index in [0.29, 0.717) is 6.42 Å². The lowest BCUT2D eigenvalue weighted by Crippen LogP contribution is -2.03. The van der Waals surface area contributed by atoms with E-state index in [4.69, 9.17) is 4.74 Å². The van der Waals surface area contributed by atoms with Gasteiger partial charge in [-0.05, 0) is 28.8 Å². The number of benzene rings is 2. The summed E-state index contributed by atoms with van der Waals surface area (Å²) >= 11 is 3.52. The van der Waals surface area contributed by atoms with Gasteiger partial charge in [0.1, 0.15) is 5.75 Å². The summed E-state index contributed by atoms with van der Waals surface area (Å²) < 4.78 is 6.74. The molecule has 1 aliphatic heterocycles. The third kappa shape index (κ3) is 2.67. The number of halogens is 1. The maximum absolute atomic E-state index is 10.3. The molecule has 1 aliphatic rings. The second-order valence-electron chi connectivity index (χ2n) is 4.78. The van der Waals surface area contributed by atoms with Gasteiger partial charge in [0.25, 0.3) is 0 Å². The van der Waals surface area contributed by atoms with E-state index in [0.717, 1.165) is 34.4 Å². The molecule has 0 aromatic heterocycles. The van der Waals surface area contributed by atoms with Crippen LogP contribution in [0.5, 0.6) is 5.75 Å². The summed E-state index contributed by atoms with van der Waals surface area (Å²) in [5, 5.41) is 10.3. The van der Waals surface area contributed by atoms with Crippen molar-refractivity contribution in [3.8, 4) is 5.75 Å². The Bertz CT molecular complexity index is 581. The Kier molecular flexibility index (Phi) is 3.58. The third-order valence-electron chi connectivity index (χ3n) is 3.42. The van der Waals surface area contributed by atoms with E-state index >= 15 is 0 Å². The number of aliphatic hydroxyl groups excluding tert-OH is 1. The molecule has 0 aliphatic carbocycles. The van der Waals surface area contributed by atoms with Gasteiger partial charge in [-0.1, -0.05) is 46.3 Å². The van der Waals surface area contributed by atoms with E-state index in [1.54, 1.807) is 0 Å². The molecule has 2 aromatic carbocycles. The molecule has 2 aromatic rings. The molecule has 0 radical (unpaired) electrons. The highest BCUT2D eigenvalue weighted by Crippen LogP contribution is 2.35. The van der Waals surface area contributed by atoms with Crippen LogP contribution in [0.1, 0.15) is 22.8 Å². The zero-order valence-electron chi connectivity index (χ0n) is 10.5. The van der Waals surface area contributed by atoms with Crippen molar-refractivity contribution in [1.82, 2.24) is 0 Å². The molecule has 98 valence electrons.